The average molecular weight is 336 g/mol. The number of benzene rings is 1. The first-order valence-corrected chi connectivity index (χ1v) is 9.03. The molecule has 0 unspecified atom stereocenters. The maximum absolute atomic E-state index is 12.9. The second kappa shape index (κ2) is 6.84. The Bertz CT molecular complexity index is 748. The maximum atomic E-state index is 12.9. The molecule has 0 saturated carbocycles. The van der Waals surface area contributed by atoms with Crippen LogP contribution in [0, 0.1) is 0 Å². The van der Waals surface area contributed by atoms with Gasteiger partial charge in [0, 0.05) is 43.1 Å². The van der Waals surface area contributed by atoms with E-state index in [2.05, 4.69) is 22.1 Å². The number of nitrogens with one attached hydrogen (secondary N) is 1. The number of aromatic nitrogens is 1. The highest BCUT2D eigenvalue weighted by atomic mass is 16.2. The van der Waals surface area contributed by atoms with Crippen LogP contribution in [0.4, 0.5) is 10.5 Å². The molecule has 1 aromatic carbocycles. The molecule has 5 heteroatoms. The van der Waals surface area contributed by atoms with Gasteiger partial charge in [-0.2, -0.15) is 0 Å². The van der Waals surface area contributed by atoms with E-state index >= 15 is 0 Å². The molecule has 5 nitrogen and oxygen atoms in total. The number of urea groups is 1. The Balaban J connectivity index is 1.53. The van der Waals surface area contributed by atoms with Crippen LogP contribution in [-0.2, 0) is 0 Å². The molecule has 0 bridgehead atoms. The molecular formula is C20H24N4O. The Morgan fingerprint density at radius 3 is 2.80 bits per heavy atom. The van der Waals surface area contributed by atoms with Gasteiger partial charge in [0.05, 0.1) is 5.69 Å². The summed E-state index contributed by atoms with van der Waals surface area (Å²) in [7, 11) is 0. The number of fused-ring (bicyclic) bond motifs is 1. The lowest BCUT2D eigenvalue weighted by Gasteiger charge is -2.42. The van der Waals surface area contributed by atoms with E-state index in [1.807, 2.05) is 41.3 Å². The number of anilines is 1. The zero-order valence-electron chi connectivity index (χ0n) is 14.6. The fraction of sp³-hybridized carbons (Fsp3) is 0.400. The summed E-state index contributed by atoms with van der Waals surface area (Å²) in [5.74, 6) is 0. The van der Waals surface area contributed by atoms with E-state index in [1.54, 1.807) is 12.4 Å². The summed E-state index contributed by atoms with van der Waals surface area (Å²) in [6.07, 6.45) is 5.99. The van der Waals surface area contributed by atoms with Gasteiger partial charge in [-0.25, -0.2) is 4.79 Å². The van der Waals surface area contributed by atoms with Crippen LogP contribution < -0.4 is 5.32 Å². The van der Waals surface area contributed by atoms with Crippen molar-refractivity contribution in [2.75, 3.05) is 25.0 Å². The molecule has 25 heavy (non-hydrogen) atoms. The molecule has 2 aliphatic heterocycles. The molecule has 0 radical (unpaired) electrons. The van der Waals surface area contributed by atoms with Crippen molar-refractivity contribution in [3.63, 3.8) is 0 Å². The molecule has 1 aromatic heterocycles. The molecule has 2 aromatic rings. The third-order valence-electron chi connectivity index (χ3n) is 5.36. The fourth-order valence-electron chi connectivity index (χ4n) is 4.03. The average Bonchev–Trinajstić information content (AvgIpc) is 3.09. The third-order valence-corrected chi connectivity index (χ3v) is 5.36. The quantitative estimate of drug-likeness (QED) is 0.914. The molecule has 2 aliphatic rings. The Kier molecular flexibility index (Phi) is 4.40. The first-order valence-electron chi connectivity index (χ1n) is 9.03. The van der Waals surface area contributed by atoms with E-state index in [0.717, 1.165) is 29.9 Å². The van der Waals surface area contributed by atoms with Gasteiger partial charge in [0.15, 0.2) is 0 Å². The van der Waals surface area contributed by atoms with Crippen molar-refractivity contribution >= 4 is 11.7 Å². The molecular weight excluding hydrogens is 312 g/mol. The topological polar surface area (TPSA) is 48.5 Å². The van der Waals surface area contributed by atoms with Gasteiger partial charge in [0.1, 0.15) is 0 Å². The fourth-order valence-corrected chi connectivity index (χ4v) is 4.03. The van der Waals surface area contributed by atoms with Crippen molar-refractivity contribution in [2.24, 2.45) is 0 Å². The van der Waals surface area contributed by atoms with Gasteiger partial charge in [-0.1, -0.05) is 18.2 Å². The lowest BCUT2D eigenvalue weighted by molar-refractivity contribution is 0.0861. The molecule has 1 N–H and O–H groups in total. The number of hydrogen-bond donors (Lipinski definition) is 1. The minimum Gasteiger partial charge on any atom is -0.319 e. The van der Waals surface area contributed by atoms with Crippen LogP contribution >= 0.6 is 0 Å². The Morgan fingerprint density at radius 2 is 1.96 bits per heavy atom. The van der Waals surface area contributed by atoms with Crippen molar-refractivity contribution in [3.8, 4) is 11.1 Å². The van der Waals surface area contributed by atoms with E-state index < -0.39 is 0 Å². The number of carbonyl (C=O) groups excluding carboxylic acids is 1. The molecule has 130 valence electrons. The highest BCUT2D eigenvalue weighted by molar-refractivity contribution is 5.94. The first kappa shape index (κ1) is 16.1. The molecule has 3 heterocycles. The Labute approximate surface area is 148 Å². The van der Waals surface area contributed by atoms with E-state index in [-0.39, 0.29) is 12.1 Å². The molecule has 2 fully saturated rings. The van der Waals surface area contributed by atoms with Gasteiger partial charge in [-0.05, 0) is 50.1 Å². The van der Waals surface area contributed by atoms with E-state index in [0.29, 0.717) is 6.04 Å². The lowest BCUT2D eigenvalue weighted by atomic mass is 10.0. The zero-order chi connectivity index (χ0) is 17.2. The Hall–Kier alpha value is -2.40. The maximum Gasteiger partial charge on any atom is 0.322 e. The monoisotopic (exact) mass is 336 g/mol. The molecule has 4 rings (SSSR count). The summed E-state index contributed by atoms with van der Waals surface area (Å²) in [6, 6.07) is 12.6. The minimum absolute atomic E-state index is 0.000515. The van der Waals surface area contributed by atoms with Crippen LogP contribution in [0.15, 0.2) is 48.8 Å². The number of amides is 2. The molecule has 2 atom stereocenters. The predicted molar refractivity (Wildman–Crippen MR) is 99.5 cm³/mol. The standard InChI is InChI=1S/C20H24N4O/c1-15-13-23-12-4-5-17(23)14-24(15)20(25)22-19-7-3-2-6-18(19)16-8-10-21-11-9-16/h2-3,6-11,15,17H,4-5,12-14H2,1H3,(H,22,25)/t15-,17-/m0/s1. The number of hydrogen-bond acceptors (Lipinski definition) is 3. The van der Waals surface area contributed by atoms with Crippen molar-refractivity contribution in [1.82, 2.24) is 14.8 Å². The molecule has 0 aliphatic carbocycles. The van der Waals surface area contributed by atoms with Crippen molar-refractivity contribution in [3.05, 3.63) is 48.8 Å². The normalized spacial score (nSPS) is 23.3. The Morgan fingerprint density at radius 1 is 1.16 bits per heavy atom. The number of piperazine rings is 1. The summed E-state index contributed by atoms with van der Waals surface area (Å²) in [6.45, 7) is 5.12. The second-order valence-electron chi connectivity index (χ2n) is 7.00. The smallest absolute Gasteiger partial charge is 0.319 e. The van der Waals surface area contributed by atoms with Crippen LogP contribution in [0.25, 0.3) is 11.1 Å². The van der Waals surface area contributed by atoms with Gasteiger partial charge in [-0.3, -0.25) is 9.88 Å². The molecule has 2 amide bonds. The summed E-state index contributed by atoms with van der Waals surface area (Å²) in [4.78, 5) is 21.5. The lowest BCUT2D eigenvalue weighted by Crippen LogP contribution is -2.57. The van der Waals surface area contributed by atoms with Crippen molar-refractivity contribution < 1.29 is 4.79 Å². The number of carbonyl (C=O) groups is 1. The number of rotatable bonds is 2. The van der Waals surface area contributed by atoms with E-state index in [4.69, 9.17) is 0 Å². The number of nitrogens with zero attached hydrogens (tertiary/aromatic N) is 3. The van der Waals surface area contributed by atoms with Crippen molar-refractivity contribution in [2.45, 2.75) is 31.8 Å². The molecule has 0 spiro atoms. The van der Waals surface area contributed by atoms with Gasteiger partial charge < -0.3 is 10.2 Å². The van der Waals surface area contributed by atoms with E-state index in [9.17, 15) is 4.79 Å². The van der Waals surface area contributed by atoms with E-state index in [1.165, 1.54) is 19.4 Å². The summed E-state index contributed by atoms with van der Waals surface area (Å²) >= 11 is 0. The van der Waals surface area contributed by atoms with Crippen LogP contribution in [-0.4, -0.2) is 52.5 Å². The van der Waals surface area contributed by atoms with Crippen LogP contribution in [0.1, 0.15) is 19.8 Å². The summed E-state index contributed by atoms with van der Waals surface area (Å²) in [5.41, 5.74) is 2.92. The minimum atomic E-state index is 0.000515. The predicted octanol–water partition coefficient (Wildman–Crippen LogP) is 3.45. The SMILES string of the molecule is C[C@H]1CN2CCC[C@H]2CN1C(=O)Nc1ccccc1-c1ccncc1. The second-order valence-corrected chi connectivity index (χ2v) is 7.00. The van der Waals surface area contributed by atoms with Crippen LogP contribution in [0.3, 0.4) is 0 Å². The zero-order valence-corrected chi connectivity index (χ0v) is 14.6. The highest BCUT2D eigenvalue weighted by Crippen LogP contribution is 2.29. The largest absolute Gasteiger partial charge is 0.322 e. The van der Waals surface area contributed by atoms with Gasteiger partial charge >= 0.3 is 6.03 Å². The number of pyridine rings is 1. The summed E-state index contributed by atoms with van der Waals surface area (Å²) < 4.78 is 0. The first-order chi connectivity index (χ1) is 12.2. The summed E-state index contributed by atoms with van der Waals surface area (Å²) in [5, 5.41) is 3.14. The van der Waals surface area contributed by atoms with Crippen LogP contribution in [0.5, 0.6) is 0 Å². The van der Waals surface area contributed by atoms with Gasteiger partial charge in [-0.15, -0.1) is 0 Å². The third kappa shape index (κ3) is 3.24. The van der Waals surface area contributed by atoms with Gasteiger partial charge in [0.2, 0.25) is 0 Å². The molecule has 2 saturated heterocycles. The van der Waals surface area contributed by atoms with Crippen molar-refractivity contribution in [1.29, 1.82) is 0 Å². The van der Waals surface area contributed by atoms with Crippen LogP contribution in [0.2, 0.25) is 0 Å². The van der Waals surface area contributed by atoms with Gasteiger partial charge in [0.25, 0.3) is 0 Å². The highest BCUT2D eigenvalue weighted by Gasteiger charge is 2.36. The number of para-hydroxylation sites is 1.